The van der Waals surface area contributed by atoms with Crippen LogP contribution in [0.3, 0.4) is 0 Å². The Morgan fingerprint density at radius 3 is 2.89 bits per heavy atom. The number of nitrogens with zero attached hydrogens (tertiary/aromatic N) is 1. The first kappa shape index (κ1) is 6.34. The molecule has 9 heavy (non-hydrogen) atoms. The zero-order valence-corrected chi connectivity index (χ0v) is 5.46. The van der Waals surface area contributed by atoms with Crippen molar-refractivity contribution in [2.24, 2.45) is 0 Å². The summed E-state index contributed by atoms with van der Waals surface area (Å²) in [7, 11) is 5.52. The van der Waals surface area contributed by atoms with Crippen LogP contribution in [-0.4, -0.2) is 12.8 Å². The number of hydrogen-bond acceptors (Lipinski definition) is 1. The van der Waals surface area contributed by atoms with Gasteiger partial charge in [0.15, 0.2) is 0 Å². The smallest absolute Gasteiger partial charge is 0.142 e. The number of aromatic nitrogens is 1. The Bertz CT molecular complexity index is 198. The lowest BCUT2D eigenvalue weighted by molar-refractivity contribution is 1.13. The Morgan fingerprint density at radius 2 is 2.44 bits per heavy atom. The highest BCUT2D eigenvalue weighted by Gasteiger charge is 1.90. The number of pyridine rings is 1. The summed E-state index contributed by atoms with van der Waals surface area (Å²) in [5.74, 6) is 0. The van der Waals surface area contributed by atoms with Crippen LogP contribution in [0.1, 0.15) is 12.5 Å². The van der Waals surface area contributed by atoms with E-state index in [0.29, 0.717) is 5.59 Å². The van der Waals surface area contributed by atoms with Crippen LogP contribution in [-0.2, 0) is 6.42 Å². The van der Waals surface area contributed by atoms with Crippen molar-refractivity contribution >= 4 is 13.4 Å². The molecule has 0 aliphatic carbocycles. The summed E-state index contributed by atoms with van der Waals surface area (Å²) in [5, 5.41) is 0. The first-order valence-electron chi connectivity index (χ1n) is 3.04. The quantitative estimate of drug-likeness (QED) is 0.486. The van der Waals surface area contributed by atoms with Gasteiger partial charge in [-0.1, -0.05) is 13.0 Å². The van der Waals surface area contributed by atoms with Gasteiger partial charge in [0.1, 0.15) is 7.85 Å². The summed E-state index contributed by atoms with van der Waals surface area (Å²) < 4.78 is 0. The van der Waals surface area contributed by atoms with Crippen molar-refractivity contribution in [2.45, 2.75) is 13.3 Å². The summed E-state index contributed by atoms with van der Waals surface area (Å²) in [6.07, 6.45) is 2.66. The fraction of sp³-hybridized carbons (Fsp3) is 0.286. The molecule has 1 aromatic heterocycles. The Balaban J connectivity index is 3.01. The molecule has 0 saturated heterocycles. The van der Waals surface area contributed by atoms with Crippen molar-refractivity contribution in [1.29, 1.82) is 0 Å². The molecule has 0 atom stereocenters. The summed E-state index contributed by atoms with van der Waals surface area (Å²) >= 11 is 0. The Hall–Kier alpha value is -0.785. The van der Waals surface area contributed by atoms with E-state index in [0.717, 1.165) is 12.0 Å². The second-order valence-electron chi connectivity index (χ2n) is 1.90. The van der Waals surface area contributed by atoms with Crippen molar-refractivity contribution in [2.75, 3.05) is 0 Å². The van der Waals surface area contributed by atoms with Crippen LogP contribution in [0.4, 0.5) is 0 Å². The van der Waals surface area contributed by atoms with Crippen LogP contribution >= 0.6 is 0 Å². The second-order valence-corrected chi connectivity index (χ2v) is 1.90. The van der Waals surface area contributed by atoms with Crippen molar-refractivity contribution < 1.29 is 0 Å². The Labute approximate surface area is 56.5 Å². The van der Waals surface area contributed by atoms with Gasteiger partial charge in [0.25, 0.3) is 0 Å². The predicted molar refractivity (Wildman–Crippen MR) is 39.0 cm³/mol. The minimum absolute atomic E-state index is 0.653. The predicted octanol–water partition coefficient (Wildman–Crippen LogP) is 0.438. The van der Waals surface area contributed by atoms with E-state index >= 15 is 0 Å². The van der Waals surface area contributed by atoms with Crippen molar-refractivity contribution in [3.8, 4) is 0 Å². The molecule has 0 aliphatic heterocycles. The normalized spacial score (nSPS) is 9.44. The molecular weight excluding hydrogens is 109 g/mol. The minimum atomic E-state index is 0.653. The summed E-state index contributed by atoms with van der Waals surface area (Å²) in [5.41, 5.74) is 1.78. The lowest BCUT2D eigenvalue weighted by atomic mass is 9.96. The van der Waals surface area contributed by atoms with Gasteiger partial charge in [-0.05, 0) is 23.6 Å². The highest BCUT2D eigenvalue weighted by molar-refractivity contribution is 6.31. The van der Waals surface area contributed by atoms with Crippen molar-refractivity contribution in [3.63, 3.8) is 0 Å². The van der Waals surface area contributed by atoms with E-state index in [9.17, 15) is 0 Å². The van der Waals surface area contributed by atoms with Gasteiger partial charge >= 0.3 is 0 Å². The van der Waals surface area contributed by atoms with Crippen LogP contribution in [0, 0.1) is 0 Å². The molecular formula is C7H8BN. The molecule has 1 heterocycles. The van der Waals surface area contributed by atoms with E-state index < -0.39 is 0 Å². The number of rotatable bonds is 1. The van der Waals surface area contributed by atoms with E-state index in [1.54, 1.807) is 6.20 Å². The zero-order chi connectivity index (χ0) is 6.69. The van der Waals surface area contributed by atoms with Crippen molar-refractivity contribution in [1.82, 2.24) is 4.98 Å². The number of hydrogen-bond donors (Lipinski definition) is 0. The highest BCUT2D eigenvalue weighted by Crippen LogP contribution is 1.90. The highest BCUT2D eigenvalue weighted by atomic mass is 14.6. The molecule has 2 radical (unpaired) electrons. The van der Waals surface area contributed by atoms with Gasteiger partial charge in [-0.25, -0.2) is 0 Å². The number of aryl methyl sites for hydroxylation is 1. The third kappa shape index (κ3) is 1.32. The third-order valence-electron chi connectivity index (χ3n) is 1.31. The van der Waals surface area contributed by atoms with Gasteiger partial charge < -0.3 is 0 Å². The Kier molecular flexibility index (Phi) is 1.88. The first-order valence-corrected chi connectivity index (χ1v) is 3.04. The lowest BCUT2D eigenvalue weighted by Gasteiger charge is -1.97. The Morgan fingerprint density at radius 1 is 1.67 bits per heavy atom. The average Bonchev–Trinajstić information content (AvgIpc) is 1.89. The maximum atomic E-state index is 5.52. The van der Waals surface area contributed by atoms with E-state index in [2.05, 4.69) is 11.9 Å². The second kappa shape index (κ2) is 2.67. The molecule has 0 saturated carbocycles. The molecule has 0 fully saturated rings. The molecule has 2 heteroatoms. The van der Waals surface area contributed by atoms with Gasteiger partial charge in [0.05, 0.1) is 0 Å². The monoisotopic (exact) mass is 117 g/mol. The van der Waals surface area contributed by atoms with Crippen LogP contribution < -0.4 is 5.59 Å². The molecule has 0 N–H and O–H groups in total. The molecule has 0 spiro atoms. The molecule has 1 rings (SSSR count). The first-order chi connectivity index (χ1) is 4.34. The molecule has 0 aromatic carbocycles. The maximum Gasteiger partial charge on any atom is 0.142 e. The largest absolute Gasteiger partial charge is 0.273 e. The molecule has 1 aromatic rings. The van der Waals surface area contributed by atoms with Gasteiger partial charge in [-0.3, -0.25) is 4.98 Å². The van der Waals surface area contributed by atoms with Crippen LogP contribution in [0.25, 0.3) is 0 Å². The third-order valence-corrected chi connectivity index (χ3v) is 1.31. The minimum Gasteiger partial charge on any atom is -0.273 e. The zero-order valence-electron chi connectivity index (χ0n) is 5.46. The van der Waals surface area contributed by atoms with Crippen LogP contribution in [0.5, 0.6) is 0 Å². The standard InChI is InChI=1S/C7H8BN/c1-2-6-4-3-5-9-7(6)8/h3-5H,2H2,1H3. The fourth-order valence-electron chi connectivity index (χ4n) is 0.750. The summed E-state index contributed by atoms with van der Waals surface area (Å²) in [6, 6.07) is 3.89. The van der Waals surface area contributed by atoms with E-state index in [1.165, 1.54) is 0 Å². The van der Waals surface area contributed by atoms with Gasteiger partial charge in [-0.15, -0.1) is 0 Å². The lowest BCUT2D eigenvalue weighted by Crippen LogP contribution is -2.12. The molecule has 0 bridgehead atoms. The van der Waals surface area contributed by atoms with Gasteiger partial charge in [0.2, 0.25) is 0 Å². The average molecular weight is 117 g/mol. The molecule has 0 unspecified atom stereocenters. The van der Waals surface area contributed by atoms with Crippen LogP contribution in [0.15, 0.2) is 18.3 Å². The van der Waals surface area contributed by atoms with E-state index in [-0.39, 0.29) is 0 Å². The molecule has 44 valence electrons. The summed E-state index contributed by atoms with van der Waals surface area (Å²) in [6.45, 7) is 2.06. The van der Waals surface area contributed by atoms with Crippen LogP contribution in [0.2, 0.25) is 0 Å². The topological polar surface area (TPSA) is 12.9 Å². The summed E-state index contributed by atoms with van der Waals surface area (Å²) in [4.78, 5) is 3.93. The van der Waals surface area contributed by atoms with E-state index in [1.807, 2.05) is 12.1 Å². The molecule has 0 amide bonds. The van der Waals surface area contributed by atoms with E-state index in [4.69, 9.17) is 7.85 Å². The fourth-order valence-corrected chi connectivity index (χ4v) is 0.750. The van der Waals surface area contributed by atoms with Gasteiger partial charge in [-0.2, -0.15) is 0 Å². The SMILES string of the molecule is [B]c1ncccc1CC. The van der Waals surface area contributed by atoms with Gasteiger partial charge in [0, 0.05) is 6.20 Å². The maximum absolute atomic E-state index is 5.52. The van der Waals surface area contributed by atoms with Crippen molar-refractivity contribution in [3.05, 3.63) is 23.9 Å². The molecule has 0 aliphatic rings. The molecule has 1 nitrogen and oxygen atoms in total.